The zero-order chi connectivity index (χ0) is 21.4. The minimum Gasteiger partial charge on any atom is -0.387 e. The predicted octanol–water partition coefficient (Wildman–Crippen LogP) is 2.09. The summed E-state index contributed by atoms with van der Waals surface area (Å²) in [4.78, 5) is 14.1. The molecule has 1 aromatic carbocycles. The molecule has 11 heteroatoms. The van der Waals surface area contributed by atoms with Gasteiger partial charge in [-0.1, -0.05) is 11.6 Å². The maximum absolute atomic E-state index is 10.7. The van der Waals surface area contributed by atoms with Crippen molar-refractivity contribution in [1.29, 1.82) is 0 Å². The number of aliphatic hydroxyl groups excluding tert-OH is 2. The van der Waals surface area contributed by atoms with Crippen LogP contribution in [0.3, 0.4) is 0 Å². The Balaban J connectivity index is 1.33. The summed E-state index contributed by atoms with van der Waals surface area (Å²) >= 11 is 7.45. The first kappa shape index (κ1) is 20.9. The number of benzene rings is 1. The second-order valence-electron chi connectivity index (χ2n) is 7.56. The molecule has 0 spiro atoms. The van der Waals surface area contributed by atoms with Gasteiger partial charge in [0.05, 0.1) is 25.1 Å². The number of anilines is 1. The highest BCUT2D eigenvalue weighted by molar-refractivity contribution is 7.99. The highest BCUT2D eigenvalue weighted by Crippen LogP contribution is 2.35. The third kappa shape index (κ3) is 4.23. The fraction of sp³-hybridized carbons (Fsp3) is 0.450. The standard InChI is InChI=1S/C20H22ClN5O4S/c21-11-1-3-13(4-2-11)31-8-14-16(27)17(28)20(30-14)26-10-24-15-18(22-9-23-19(15)26)25-12-5-6-29-7-12/h1-4,9-10,12,14,16-17,20,27-28H,5-8H2,(H,22,23,25)/t12-,14?,16-,17-,20?/m1/s1. The maximum atomic E-state index is 10.7. The van der Waals surface area contributed by atoms with Gasteiger partial charge in [-0.3, -0.25) is 4.57 Å². The SMILES string of the molecule is O[C@@H]1C(CSc2ccc(Cl)cc2)OC(n2cnc3c(N[C@@H]4CCOC4)ncnc32)[C@@H]1O. The van der Waals surface area contributed by atoms with Crippen molar-refractivity contribution in [3.8, 4) is 0 Å². The zero-order valence-electron chi connectivity index (χ0n) is 16.5. The van der Waals surface area contributed by atoms with Crippen LogP contribution in [0.5, 0.6) is 0 Å². The number of nitrogens with one attached hydrogen (secondary N) is 1. The number of hydrogen-bond donors (Lipinski definition) is 3. The summed E-state index contributed by atoms with van der Waals surface area (Å²) in [7, 11) is 0. The van der Waals surface area contributed by atoms with Gasteiger partial charge >= 0.3 is 0 Å². The van der Waals surface area contributed by atoms with Gasteiger partial charge in [0.15, 0.2) is 23.2 Å². The van der Waals surface area contributed by atoms with Crippen LogP contribution in [-0.4, -0.2) is 73.1 Å². The van der Waals surface area contributed by atoms with Crippen molar-refractivity contribution in [2.45, 2.75) is 41.9 Å². The minimum absolute atomic E-state index is 0.174. The normalized spacial score (nSPS) is 28.4. The van der Waals surface area contributed by atoms with E-state index in [-0.39, 0.29) is 6.04 Å². The van der Waals surface area contributed by atoms with Gasteiger partial charge in [0, 0.05) is 22.3 Å². The first-order chi connectivity index (χ1) is 15.1. The molecule has 0 saturated carbocycles. The monoisotopic (exact) mass is 463 g/mol. The highest BCUT2D eigenvalue weighted by Gasteiger charge is 2.44. The van der Waals surface area contributed by atoms with E-state index >= 15 is 0 Å². The first-order valence-electron chi connectivity index (χ1n) is 10.0. The van der Waals surface area contributed by atoms with E-state index in [9.17, 15) is 10.2 Å². The molecule has 31 heavy (non-hydrogen) atoms. The Bertz CT molecular complexity index is 1050. The lowest BCUT2D eigenvalue weighted by molar-refractivity contribution is -0.0289. The van der Waals surface area contributed by atoms with Gasteiger partial charge < -0.3 is 25.0 Å². The lowest BCUT2D eigenvalue weighted by atomic mass is 10.1. The summed E-state index contributed by atoms with van der Waals surface area (Å²) in [5, 5.41) is 25.2. The molecule has 2 aromatic heterocycles. The number of thioether (sulfide) groups is 1. The summed E-state index contributed by atoms with van der Waals surface area (Å²) in [5.41, 5.74) is 1.11. The second-order valence-corrected chi connectivity index (χ2v) is 9.09. The zero-order valence-corrected chi connectivity index (χ0v) is 18.0. The molecule has 0 bridgehead atoms. The Morgan fingerprint density at radius 3 is 2.77 bits per heavy atom. The molecule has 5 atom stereocenters. The van der Waals surface area contributed by atoms with Gasteiger partial charge in [-0.25, -0.2) is 15.0 Å². The van der Waals surface area contributed by atoms with Crippen LogP contribution in [0.1, 0.15) is 12.6 Å². The number of rotatable bonds is 6. The van der Waals surface area contributed by atoms with E-state index < -0.39 is 24.5 Å². The molecule has 4 heterocycles. The summed E-state index contributed by atoms with van der Waals surface area (Å²) < 4.78 is 13.1. The summed E-state index contributed by atoms with van der Waals surface area (Å²) in [6, 6.07) is 7.62. The molecular weight excluding hydrogens is 442 g/mol. The van der Waals surface area contributed by atoms with Crippen molar-refractivity contribution in [2.24, 2.45) is 0 Å². The number of halogens is 1. The van der Waals surface area contributed by atoms with E-state index in [0.29, 0.717) is 34.4 Å². The van der Waals surface area contributed by atoms with Crippen LogP contribution < -0.4 is 5.32 Å². The van der Waals surface area contributed by atoms with E-state index in [2.05, 4.69) is 20.3 Å². The van der Waals surface area contributed by atoms with Crippen LogP contribution in [0, 0.1) is 0 Å². The van der Waals surface area contributed by atoms with E-state index in [4.69, 9.17) is 21.1 Å². The van der Waals surface area contributed by atoms with Gasteiger partial charge in [0.25, 0.3) is 0 Å². The van der Waals surface area contributed by atoms with Crippen LogP contribution in [0.15, 0.2) is 41.8 Å². The van der Waals surface area contributed by atoms with E-state index in [1.807, 2.05) is 24.3 Å². The van der Waals surface area contributed by atoms with Gasteiger partial charge in [0.1, 0.15) is 18.5 Å². The van der Waals surface area contributed by atoms with Crippen LogP contribution >= 0.6 is 23.4 Å². The molecule has 3 N–H and O–H groups in total. The molecule has 2 aliphatic heterocycles. The number of fused-ring (bicyclic) bond motifs is 1. The largest absolute Gasteiger partial charge is 0.387 e. The number of aliphatic hydroxyl groups is 2. The van der Waals surface area contributed by atoms with E-state index in [1.54, 1.807) is 10.9 Å². The second kappa shape index (κ2) is 8.89. The van der Waals surface area contributed by atoms with Gasteiger partial charge in [-0.2, -0.15) is 0 Å². The molecule has 2 fully saturated rings. The molecule has 0 amide bonds. The smallest absolute Gasteiger partial charge is 0.167 e. The molecule has 3 aromatic rings. The van der Waals surface area contributed by atoms with Crippen LogP contribution in [0.25, 0.3) is 11.2 Å². The molecule has 0 radical (unpaired) electrons. The van der Waals surface area contributed by atoms with Crippen LogP contribution in [0.4, 0.5) is 5.82 Å². The lowest BCUT2D eigenvalue weighted by Crippen LogP contribution is -2.32. The quantitative estimate of drug-likeness (QED) is 0.472. The van der Waals surface area contributed by atoms with Crippen molar-refractivity contribution in [3.63, 3.8) is 0 Å². The number of hydrogen-bond acceptors (Lipinski definition) is 9. The Morgan fingerprint density at radius 2 is 2.00 bits per heavy atom. The summed E-state index contributed by atoms with van der Waals surface area (Å²) in [5.74, 6) is 1.09. The average molecular weight is 464 g/mol. The number of ether oxygens (including phenoxy) is 2. The number of imidazole rings is 1. The van der Waals surface area contributed by atoms with Crippen molar-refractivity contribution in [3.05, 3.63) is 41.9 Å². The number of nitrogens with zero attached hydrogens (tertiary/aromatic N) is 4. The first-order valence-corrected chi connectivity index (χ1v) is 11.4. The van der Waals surface area contributed by atoms with Crippen molar-refractivity contribution in [2.75, 3.05) is 24.3 Å². The molecule has 9 nitrogen and oxygen atoms in total. The third-order valence-electron chi connectivity index (χ3n) is 5.47. The summed E-state index contributed by atoms with van der Waals surface area (Å²) in [6.45, 7) is 1.34. The molecule has 2 unspecified atom stereocenters. The molecule has 0 aliphatic carbocycles. The van der Waals surface area contributed by atoms with Crippen molar-refractivity contribution >= 4 is 40.3 Å². The molecule has 2 aliphatic rings. The van der Waals surface area contributed by atoms with Gasteiger partial charge in [-0.05, 0) is 30.7 Å². The minimum atomic E-state index is -1.11. The van der Waals surface area contributed by atoms with Crippen LogP contribution in [-0.2, 0) is 9.47 Å². The Morgan fingerprint density at radius 1 is 1.16 bits per heavy atom. The summed E-state index contributed by atoms with van der Waals surface area (Å²) in [6.07, 6.45) is 0.423. The fourth-order valence-corrected chi connectivity index (χ4v) is 4.88. The number of aromatic nitrogens is 4. The van der Waals surface area contributed by atoms with E-state index in [0.717, 1.165) is 17.9 Å². The highest BCUT2D eigenvalue weighted by atomic mass is 35.5. The Labute approximate surface area is 187 Å². The maximum Gasteiger partial charge on any atom is 0.167 e. The van der Waals surface area contributed by atoms with Gasteiger partial charge in [0.2, 0.25) is 0 Å². The van der Waals surface area contributed by atoms with Crippen LogP contribution in [0.2, 0.25) is 5.02 Å². The average Bonchev–Trinajstić information content (AvgIpc) is 3.50. The lowest BCUT2D eigenvalue weighted by Gasteiger charge is -2.17. The third-order valence-corrected chi connectivity index (χ3v) is 6.82. The molecular formula is C20H22ClN5O4S. The van der Waals surface area contributed by atoms with Gasteiger partial charge in [-0.15, -0.1) is 11.8 Å². The fourth-order valence-electron chi connectivity index (χ4n) is 3.79. The molecule has 164 valence electrons. The molecule has 5 rings (SSSR count). The Hall–Kier alpha value is -1.95. The topological polar surface area (TPSA) is 115 Å². The Kier molecular flexibility index (Phi) is 6.00. The van der Waals surface area contributed by atoms with Crippen molar-refractivity contribution in [1.82, 2.24) is 19.5 Å². The van der Waals surface area contributed by atoms with Crippen molar-refractivity contribution < 1.29 is 19.7 Å². The molecule has 2 saturated heterocycles. The predicted molar refractivity (Wildman–Crippen MR) is 116 cm³/mol. The van der Waals surface area contributed by atoms with E-state index in [1.165, 1.54) is 18.1 Å².